The molecule has 4 aromatic rings. The molecule has 4 rings (SSSR count). The predicted octanol–water partition coefficient (Wildman–Crippen LogP) is 6.69. The minimum Gasteiger partial charge on any atom is -0.493 e. The van der Waals surface area contributed by atoms with Gasteiger partial charge in [0.2, 0.25) is 5.89 Å². The number of aliphatic carboxylic acids is 1. The summed E-state index contributed by atoms with van der Waals surface area (Å²) in [5.74, 6) is 1.78. The number of carboxylic acids is 1. The van der Waals surface area contributed by atoms with Gasteiger partial charge < -0.3 is 14.3 Å². The van der Waals surface area contributed by atoms with Crippen molar-refractivity contribution in [1.82, 2.24) is 4.98 Å². The van der Waals surface area contributed by atoms with Crippen molar-refractivity contribution in [1.29, 1.82) is 0 Å². The van der Waals surface area contributed by atoms with Crippen LogP contribution in [0.1, 0.15) is 42.3 Å². The van der Waals surface area contributed by atoms with Crippen molar-refractivity contribution in [2.45, 2.75) is 39.5 Å². The van der Waals surface area contributed by atoms with Crippen LogP contribution in [-0.2, 0) is 17.6 Å². The number of ether oxygens (including phenoxy) is 1. The maximum atomic E-state index is 11.2. The second-order valence-corrected chi connectivity index (χ2v) is 8.65. The van der Waals surface area contributed by atoms with Crippen LogP contribution < -0.4 is 4.74 Å². The van der Waals surface area contributed by atoms with Crippen LogP contribution in [0.25, 0.3) is 22.6 Å². The zero-order chi connectivity index (χ0) is 24.1. The number of carboxylic acid groups (broad SMARTS) is 1. The number of rotatable bonds is 9. The Bertz CT molecular complexity index is 1270. The van der Waals surface area contributed by atoms with Crippen molar-refractivity contribution in [2.75, 3.05) is 6.61 Å². The molecule has 174 valence electrons. The second-order valence-electron chi connectivity index (χ2n) is 8.65. The molecule has 1 heterocycles. The molecule has 0 radical (unpaired) electrons. The first kappa shape index (κ1) is 23.3. The van der Waals surface area contributed by atoms with Gasteiger partial charge in [-0.05, 0) is 59.4 Å². The fourth-order valence-corrected chi connectivity index (χ4v) is 3.93. The summed E-state index contributed by atoms with van der Waals surface area (Å²) < 4.78 is 11.9. The lowest BCUT2D eigenvalue weighted by Crippen LogP contribution is -2.03. The Morgan fingerprint density at radius 3 is 2.50 bits per heavy atom. The number of hydrogen-bond acceptors (Lipinski definition) is 4. The fourth-order valence-electron chi connectivity index (χ4n) is 3.93. The second kappa shape index (κ2) is 10.4. The van der Waals surface area contributed by atoms with Crippen LogP contribution >= 0.6 is 0 Å². The van der Waals surface area contributed by atoms with Gasteiger partial charge in [-0.2, -0.15) is 0 Å². The summed E-state index contributed by atoms with van der Waals surface area (Å²) in [6, 6.07) is 23.6. The SMILES string of the molecule is Cc1oc(-c2ccc(C(C)C)cc2)nc1CCOc1cccc(-c2ccccc2CC(=O)O)c1. The number of oxazole rings is 1. The highest BCUT2D eigenvalue weighted by molar-refractivity contribution is 5.77. The molecule has 0 aliphatic carbocycles. The van der Waals surface area contributed by atoms with E-state index in [-0.39, 0.29) is 6.42 Å². The molecular weight excluding hydrogens is 426 g/mol. The van der Waals surface area contributed by atoms with E-state index in [0.717, 1.165) is 39.5 Å². The van der Waals surface area contributed by atoms with Gasteiger partial charge in [0.25, 0.3) is 0 Å². The van der Waals surface area contributed by atoms with Crippen LogP contribution in [0, 0.1) is 6.92 Å². The van der Waals surface area contributed by atoms with Gasteiger partial charge in [-0.15, -0.1) is 0 Å². The Morgan fingerprint density at radius 2 is 1.76 bits per heavy atom. The third kappa shape index (κ3) is 5.54. The van der Waals surface area contributed by atoms with Crippen molar-refractivity contribution >= 4 is 5.97 Å². The molecule has 0 atom stereocenters. The summed E-state index contributed by atoms with van der Waals surface area (Å²) in [6.45, 7) is 6.73. The fraction of sp³-hybridized carbons (Fsp3) is 0.241. The van der Waals surface area contributed by atoms with Gasteiger partial charge in [0.05, 0.1) is 18.7 Å². The third-order valence-electron chi connectivity index (χ3n) is 5.83. The Kier molecular flexibility index (Phi) is 7.12. The molecule has 0 aliphatic rings. The normalized spacial score (nSPS) is 11.1. The van der Waals surface area contributed by atoms with E-state index in [9.17, 15) is 9.90 Å². The van der Waals surface area contributed by atoms with Crippen LogP contribution in [0.2, 0.25) is 0 Å². The van der Waals surface area contributed by atoms with E-state index in [2.05, 4.69) is 43.1 Å². The first-order valence-electron chi connectivity index (χ1n) is 11.5. The summed E-state index contributed by atoms with van der Waals surface area (Å²) in [7, 11) is 0. The van der Waals surface area contributed by atoms with Crippen molar-refractivity contribution in [2.24, 2.45) is 0 Å². The number of hydrogen-bond donors (Lipinski definition) is 1. The first-order valence-corrected chi connectivity index (χ1v) is 11.5. The molecule has 5 heteroatoms. The van der Waals surface area contributed by atoms with E-state index in [4.69, 9.17) is 9.15 Å². The summed E-state index contributed by atoms with van der Waals surface area (Å²) in [4.78, 5) is 15.9. The summed E-state index contributed by atoms with van der Waals surface area (Å²) >= 11 is 0. The number of carbonyl (C=O) groups is 1. The highest BCUT2D eigenvalue weighted by atomic mass is 16.5. The molecular formula is C29H29NO4. The Hall–Kier alpha value is -3.86. The molecule has 0 spiro atoms. The molecule has 0 aliphatic heterocycles. The largest absolute Gasteiger partial charge is 0.493 e. The van der Waals surface area contributed by atoms with Gasteiger partial charge in [-0.25, -0.2) is 4.98 Å². The van der Waals surface area contributed by atoms with Gasteiger partial charge in [-0.1, -0.05) is 62.4 Å². The molecule has 0 amide bonds. The molecule has 0 bridgehead atoms. The topological polar surface area (TPSA) is 72.6 Å². The molecule has 1 N–H and O–H groups in total. The minimum absolute atomic E-state index is 0.0186. The number of aromatic nitrogens is 1. The van der Waals surface area contributed by atoms with Crippen LogP contribution in [0.4, 0.5) is 0 Å². The minimum atomic E-state index is -0.849. The highest BCUT2D eigenvalue weighted by Gasteiger charge is 2.13. The lowest BCUT2D eigenvalue weighted by molar-refractivity contribution is -0.136. The zero-order valence-corrected chi connectivity index (χ0v) is 19.7. The van der Waals surface area contributed by atoms with Gasteiger partial charge in [0.15, 0.2) is 0 Å². The van der Waals surface area contributed by atoms with Gasteiger partial charge in [0, 0.05) is 12.0 Å². The Morgan fingerprint density at radius 1 is 1.00 bits per heavy atom. The van der Waals surface area contributed by atoms with E-state index in [0.29, 0.717) is 24.8 Å². The Balaban J connectivity index is 1.42. The average Bonchev–Trinajstić information content (AvgIpc) is 3.20. The first-order chi connectivity index (χ1) is 16.4. The Labute approximate surface area is 200 Å². The van der Waals surface area contributed by atoms with E-state index >= 15 is 0 Å². The third-order valence-corrected chi connectivity index (χ3v) is 5.83. The molecule has 3 aromatic carbocycles. The number of nitrogens with zero attached hydrogens (tertiary/aromatic N) is 1. The molecule has 0 saturated carbocycles. The average molecular weight is 456 g/mol. The maximum absolute atomic E-state index is 11.2. The summed E-state index contributed by atoms with van der Waals surface area (Å²) in [5.41, 5.74) is 5.74. The van der Waals surface area contributed by atoms with Crippen LogP contribution in [-0.4, -0.2) is 22.7 Å². The zero-order valence-electron chi connectivity index (χ0n) is 19.7. The molecule has 0 saturated heterocycles. The van der Waals surface area contributed by atoms with Crippen LogP contribution in [0.5, 0.6) is 5.75 Å². The monoisotopic (exact) mass is 455 g/mol. The van der Waals surface area contributed by atoms with E-state index in [1.54, 1.807) is 0 Å². The number of aryl methyl sites for hydroxylation is 1. The van der Waals surface area contributed by atoms with Crippen LogP contribution in [0.3, 0.4) is 0 Å². The molecule has 5 nitrogen and oxygen atoms in total. The molecule has 0 fully saturated rings. The lowest BCUT2D eigenvalue weighted by Gasteiger charge is -2.11. The highest BCUT2D eigenvalue weighted by Crippen LogP contribution is 2.28. The molecule has 0 unspecified atom stereocenters. The summed E-state index contributed by atoms with van der Waals surface area (Å²) in [5, 5.41) is 9.21. The van der Waals surface area contributed by atoms with Crippen molar-refractivity contribution in [3.8, 4) is 28.3 Å². The van der Waals surface area contributed by atoms with Crippen molar-refractivity contribution in [3.63, 3.8) is 0 Å². The molecule has 1 aromatic heterocycles. The van der Waals surface area contributed by atoms with Gasteiger partial charge >= 0.3 is 5.97 Å². The predicted molar refractivity (Wildman–Crippen MR) is 133 cm³/mol. The van der Waals surface area contributed by atoms with Gasteiger partial charge in [-0.3, -0.25) is 4.79 Å². The quantitative estimate of drug-likeness (QED) is 0.304. The van der Waals surface area contributed by atoms with E-state index < -0.39 is 5.97 Å². The summed E-state index contributed by atoms with van der Waals surface area (Å²) in [6.07, 6.45) is 0.606. The standard InChI is InChI=1S/C29H29NO4/c1-19(2)21-11-13-22(14-12-21)29-30-27(20(3)34-29)15-16-33-25-9-6-8-23(17-25)26-10-5-4-7-24(26)18-28(31)32/h4-14,17,19H,15-16,18H2,1-3H3,(H,31,32). The number of benzene rings is 3. The smallest absolute Gasteiger partial charge is 0.307 e. The van der Waals surface area contributed by atoms with Gasteiger partial charge in [0.1, 0.15) is 11.5 Å². The van der Waals surface area contributed by atoms with Crippen molar-refractivity contribution in [3.05, 3.63) is 95.4 Å². The molecule has 34 heavy (non-hydrogen) atoms. The van der Waals surface area contributed by atoms with Crippen molar-refractivity contribution < 1.29 is 19.1 Å². The van der Waals surface area contributed by atoms with E-state index in [1.165, 1.54) is 5.56 Å². The lowest BCUT2D eigenvalue weighted by atomic mass is 9.97. The van der Waals surface area contributed by atoms with E-state index in [1.807, 2.05) is 55.5 Å². The maximum Gasteiger partial charge on any atom is 0.307 e. The van der Waals surface area contributed by atoms with Crippen LogP contribution in [0.15, 0.2) is 77.2 Å².